The lowest BCUT2D eigenvalue weighted by Crippen LogP contribution is -2.25. The molecule has 0 aliphatic heterocycles. The first-order chi connectivity index (χ1) is 9.79. The van der Waals surface area contributed by atoms with Gasteiger partial charge in [-0.25, -0.2) is 0 Å². The summed E-state index contributed by atoms with van der Waals surface area (Å²) in [5, 5.41) is 22.0. The Hall–Kier alpha value is -2.25. The van der Waals surface area contributed by atoms with Crippen molar-refractivity contribution in [1.82, 2.24) is 0 Å². The van der Waals surface area contributed by atoms with E-state index in [4.69, 9.17) is 5.73 Å². The Morgan fingerprint density at radius 3 is 2.24 bits per heavy atom. The number of ketones is 1. The number of nitrogens with one attached hydrogen (secondary N) is 1. The van der Waals surface area contributed by atoms with Gasteiger partial charge in [0, 0.05) is 5.69 Å². The number of amides is 2. The molecule has 0 bridgehead atoms. The minimum Gasteiger partial charge on any atom is -0.390 e. The number of hydrogen-bond donors (Lipinski definition) is 4. The maximum Gasteiger partial charge on any atom is 0.231 e. The smallest absolute Gasteiger partial charge is 0.231 e. The molecule has 21 heavy (non-hydrogen) atoms. The van der Waals surface area contributed by atoms with Crippen LogP contribution in [0.1, 0.15) is 31.4 Å². The third-order valence-corrected chi connectivity index (χ3v) is 2.72. The summed E-state index contributed by atoms with van der Waals surface area (Å²) in [6.45, 7) is 1.32. The summed E-state index contributed by atoms with van der Waals surface area (Å²) < 4.78 is 0. The van der Waals surface area contributed by atoms with Crippen LogP contribution in [0.15, 0.2) is 24.3 Å². The Balaban J connectivity index is 2.67. The molecule has 5 N–H and O–H groups in total. The van der Waals surface area contributed by atoms with E-state index in [2.05, 4.69) is 5.32 Å². The van der Waals surface area contributed by atoms with Crippen LogP contribution in [0.3, 0.4) is 0 Å². The molecule has 0 saturated heterocycles. The van der Waals surface area contributed by atoms with Crippen molar-refractivity contribution in [2.45, 2.75) is 32.0 Å². The van der Waals surface area contributed by atoms with Gasteiger partial charge in [-0.3, -0.25) is 14.4 Å². The second-order valence-corrected chi connectivity index (χ2v) is 4.73. The zero-order valence-corrected chi connectivity index (χ0v) is 11.6. The zero-order chi connectivity index (χ0) is 16.0. The summed E-state index contributed by atoms with van der Waals surface area (Å²) in [5.41, 5.74) is 5.79. The number of benzene rings is 1. The number of primary amides is 1. The molecule has 7 heteroatoms. The molecule has 0 heterocycles. The van der Waals surface area contributed by atoms with E-state index in [1.165, 1.54) is 31.2 Å². The maximum absolute atomic E-state index is 11.4. The molecule has 0 radical (unpaired) electrons. The lowest BCUT2D eigenvalue weighted by atomic mass is 10.0. The average molecular weight is 294 g/mol. The van der Waals surface area contributed by atoms with Crippen molar-refractivity contribution in [3.63, 3.8) is 0 Å². The highest BCUT2D eigenvalue weighted by Crippen LogP contribution is 2.21. The Kier molecular flexibility index (Phi) is 6.01. The monoisotopic (exact) mass is 294 g/mol. The summed E-state index contributed by atoms with van der Waals surface area (Å²) in [7, 11) is 0. The van der Waals surface area contributed by atoms with Crippen molar-refractivity contribution < 1.29 is 24.6 Å². The van der Waals surface area contributed by atoms with Crippen LogP contribution >= 0.6 is 0 Å². The van der Waals surface area contributed by atoms with Crippen molar-refractivity contribution in [2.75, 3.05) is 5.32 Å². The summed E-state index contributed by atoms with van der Waals surface area (Å²) >= 11 is 0. The lowest BCUT2D eigenvalue weighted by molar-refractivity contribution is -0.124. The fourth-order valence-electron chi connectivity index (χ4n) is 1.73. The highest BCUT2D eigenvalue weighted by Gasteiger charge is 2.20. The minimum atomic E-state index is -1.29. The van der Waals surface area contributed by atoms with Gasteiger partial charge in [0.15, 0.2) is 0 Å². The molecular weight excluding hydrogens is 276 g/mol. The van der Waals surface area contributed by atoms with Crippen LogP contribution in [0.25, 0.3) is 0 Å². The van der Waals surface area contributed by atoms with Crippen molar-refractivity contribution in [3.05, 3.63) is 29.8 Å². The quantitative estimate of drug-likeness (QED) is 0.521. The van der Waals surface area contributed by atoms with Crippen LogP contribution in [0.4, 0.5) is 5.69 Å². The first-order valence-electron chi connectivity index (χ1n) is 6.33. The summed E-state index contributed by atoms with van der Waals surface area (Å²) in [6.07, 6.45) is -3.10. The highest BCUT2D eigenvalue weighted by atomic mass is 16.3. The van der Waals surface area contributed by atoms with Gasteiger partial charge >= 0.3 is 0 Å². The van der Waals surface area contributed by atoms with E-state index >= 15 is 0 Å². The SMILES string of the molecule is CC(=O)CC(=O)Nc1ccc(C(O)C(O)CC(N)=O)cc1. The molecule has 0 saturated carbocycles. The molecule has 1 aromatic carbocycles. The van der Waals surface area contributed by atoms with E-state index in [0.29, 0.717) is 11.3 Å². The fraction of sp³-hybridized carbons (Fsp3) is 0.357. The normalized spacial score (nSPS) is 13.3. The van der Waals surface area contributed by atoms with Crippen molar-refractivity contribution in [1.29, 1.82) is 0 Å². The van der Waals surface area contributed by atoms with Crippen LogP contribution in [0.2, 0.25) is 0 Å². The van der Waals surface area contributed by atoms with E-state index in [-0.39, 0.29) is 18.6 Å². The van der Waals surface area contributed by atoms with E-state index in [1.807, 2.05) is 0 Å². The van der Waals surface area contributed by atoms with Gasteiger partial charge in [0.1, 0.15) is 11.9 Å². The Morgan fingerprint density at radius 1 is 1.19 bits per heavy atom. The van der Waals surface area contributed by atoms with Gasteiger partial charge in [-0.05, 0) is 24.6 Å². The van der Waals surface area contributed by atoms with E-state index < -0.39 is 24.0 Å². The number of carbonyl (C=O) groups excluding carboxylic acids is 3. The van der Waals surface area contributed by atoms with Gasteiger partial charge in [-0.15, -0.1) is 0 Å². The second kappa shape index (κ2) is 7.51. The first-order valence-corrected chi connectivity index (χ1v) is 6.33. The van der Waals surface area contributed by atoms with Crippen molar-refractivity contribution in [2.24, 2.45) is 5.73 Å². The Morgan fingerprint density at radius 2 is 1.76 bits per heavy atom. The van der Waals surface area contributed by atoms with Gasteiger partial charge in [-0.2, -0.15) is 0 Å². The highest BCUT2D eigenvalue weighted by molar-refractivity contribution is 6.03. The number of Topliss-reactive ketones (excluding diaryl/α,β-unsaturated/α-hetero) is 1. The molecule has 0 aliphatic rings. The van der Waals surface area contributed by atoms with E-state index in [9.17, 15) is 24.6 Å². The zero-order valence-electron chi connectivity index (χ0n) is 11.6. The number of aliphatic hydroxyl groups is 2. The molecule has 7 nitrogen and oxygen atoms in total. The maximum atomic E-state index is 11.4. The van der Waals surface area contributed by atoms with Gasteiger partial charge in [0.05, 0.1) is 18.9 Å². The Labute approximate surface area is 121 Å². The van der Waals surface area contributed by atoms with Crippen LogP contribution in [0.5, 0.6) is 0 Å². The molecule has 114 valence electrons. The topological polar surface area (TPSA) is 130 Å². The van der Waals surface area contributed by atoms with Gasteiger partial charge in [-0.1, -0.05) is 12.1 Å². The van der Waals surface area contributed by atoms with Gasteiger partial charge in [0.25, 0.3) is 0 Å². The largest absolute Gasteiger partial charge is 0.390 e. The molecular formula is C14H18N2O5. The number of carbonyl (C=O) groups is 3. The average Bonchev–Trinajstić information content (AvgIpc) is 2.36. The third kappa shape index (κ3) is 5.72. The van der Waals surface area contributed by atoms with E-state index in [1.54, 1.807) is 0 Å². The summed E-state index contributed by atoms with van der Waals surface area (Å²) in [4.78, 5) is 32.9. The van der Waals surface area contributed by atoms with Crippen LogP contribution in [-0.2, 0) is 14.4 Å². The number of anilines is 1. The first kappa shape index (κ1) is 16.8. The van der Waals surface area contributed by atoms with Gasteiger partial charge in [0.2, 0.25) is 11.8 Å². The molecule has 1 aromatic rings. The lowest BCUT2D eigenvalue weighted by Gasteiger charge is -2.17. The van der Waals surface area contributed by atoms with Gasteiger partial charge < -0.3 is 21.3 Å². The standard InChI is InChI=1S/C14H18N2O5/c1-8(17)6-13(20)16-10-4-2-9(3-5-10)14(21)11(18)7-12(15)19/h2-5,11,14,18,21H,6-7H2,1H3,(H2,15,19)(H,16,20). The van der Waals surface area contributed by atoms with Crippen molar-refractivity contribution >= 4 is 23.3 Å². The molecule has 0 aliphatic carbocycles. The molecule has 2 amide bonds. The molecule has 0 spiro atoms. The number of hydrogen-bond acceptors (Lipinski definition) is 5. The van der Waals surface area contributed by atoms with Crippen molar-refractivity contribution in [3.8, 4) is 0 Å². The second-order valence-electron chi connectivity index (χ2n) is 4.73. The van der Waals surface area contributed by atoms with Crippen LogP contribution in [0, 0.1) is 0 Å². The Bertz CT molecular complexity index is 527. The molecule has 1 rings (SSSR count). The number of rotatable bonds is 7. The summed E-state index contributed by atoms with van der Waals surface area (Å²) in [6, 6.07) is 6.04. The predicted molar refractivity (Wildman–Crippen MR) is 75.1 cm³/mol. The van der Waals surface area contributed by atoms with Crippen LogP contribution in [-0.4, -0.2) is 33.9 Å². The predicted octanol–water partition coefficient (Wildman–Crippen LogP) is -0.126. The molecule has 0 aromatic heterocycles. The third-order valence-electron chi connectivity index (χ3n) is 2.72. The van der Waals surface area contributed by atoms with Crippen LogP contribution < -0.4 is 11.1 Å². The number of nitrogens with two attached hydrogens (primary N) is 1. The summed E-state index contributed by atoms with van der Waals surface area (Å²) in [5.74, 6) is -1.38. The molecule has 0 fully saturated rings. The number of aliphatic hydroxyl groups excluding tert-OH is 2. The van der Waals surface area contributed by atoms with E-state index in [0.717, 1.165) is 0 Å². The molecule has 2 atom stereocenters. The minimum absolute atomic E-state index is 0.207. The molecule has 2 unspecified atom stereocenters. The fourth-order valence-corrected chi connectivity index (χ4v) is 1.73.